The summed E-state index contributed by atoms with van der Waals surface area (Å²) in [7, 11) is 0. The molecule has 5 heteroatoms. The summed E-state index contributed by atoms with van der Waals surface area (Å²) in [4.78, 5) is 20.9. The molecule has 0 unspecified atom stereocenters. The molecule has 0 bridgehead atoms. The van der Waals surface area contributed by atoms with Crippen LogP contribution in [-0.2, 0) is 0 Å². The van der Waals surface area contributed by atoms with Gasteiger partial charge in [0.05, 0.1) is 17.8 Å². The first-order valence-corrected chi connectivity index (χ1v) is 6.99. The molecule has 1 heterocycles. The van der Waals surface area contributed by atoms with Crippen LogP contribution in [0.25, 0.3) is 22.2 Å². The zero-order valence-corrected chi connectivity index (χ0v) is 11.9. The van der Waals surface area contributed by atoms with Crippen LogP contribution in [0.2, 0.25) is 0 Å². The first kappa shape index (κ1) is 14.2. The molecule has 2 aromatic carbocycles. The Morgan fingerprint density at radius 2 is 1.82 bits per heavy atom. The van der Waals surface area contributed by atoms with Gasteiger partial charge in [0.15, 0.2) is 0 Å². The van der Waals surface area contributed by atoms with E-state index in [0.29, 0.717) is 5.56 Å². The third-order valence-electron chi connectivity index (χ3n) is 3.37. The Balaban J connectivity index is 2.13. The highest BCUT2D eigenvalue weighted by Crippen LogP contribution is 2.27. The Labute approximate surface area is 127 Å². The number of fused-ring (bicyclic) bond motifs is 1. The number of carbonyl (C=O) groups excluding carboxylic acids is 1. The lowest BCUT2D eigenvalue weighted by molar-refractivity contribution is 0.0945. The number of carbonyl (C=O) groups is 1. The normalized spacial score (nSPS) is 10.6. The fourth-order valence-corrected chi connectivity index (χ4v) is 2.37. The molecule has 0 radical (unpaired) electrons. The van der Waals surface area contributed by atoms with Gasteiger partial charge in [0.2, 0.25) is 0 Å². The largest absolute Gasteiger partial charge is 0.395 e. The van der Waals surface area contributed by atoms with Crippen molar-refractivity contribution < 1.29 is 9.90 Å². The maximum Gasteiger partial charge on any atom is 0.252 e. The van der Waals surface area contributed by atoms with E-state index in [1.807, 2.05) is 36.4 Å². The van der Waals surface area contributed by atoms with Crippen molar-refractivity contribution in [1.82, 2.24) is 15.3 Å². The minimum Gasteiger partial charge on any atom is -0.395 e. The van der Waals surface area contributed by atoms with Gasteiger partial charge in [-0.2, -0.15) is 0 Å². The molecule has 22 heavy (non-hydrogen) atoms. The van der Waals surface area contributed by atoms with Crippen molar-refractivity contribution >= 4 is 16.8 Å². The average Bonchev–Trinajstić information content (AvgIpc) is 2.59. The molecule has 0 aliphatic heterocycles. The van der Waals surface area contributed by atoms with E-state index in [0.717, 1.165) is 22.2 Å². The second-order valence-corrected chi connectivity index (χ2v) is 4.76. The summed E-state index contributed by atoms with van der Waals surface area (Å²) in [6.07, 6.45) is 1.50. The van der Waals surface area contributed by atoms with Crippen molar-refractivity contribution in [3.63, 3.8) is 0 Å². The van der Waals surface area contributed by atoms with Crippen molar-refractivity contribution in [3.8, 4) is 11.3 Å². The first-order valence-electron chi connectivity index (χ1n) is 6.99. The topological polar surface area (TPSA) is 75.1 Å². The van der Waals surface area contributed by atoms with Crippen LogP contribution < -0.4 is 5.32 Å². The lowest BCUT2D eigenvalue weighted by atomic mass is 10.0. The van der Waals surface area contributed by atoms with Crippen LogP contribution in [0.3, 0.4) is 0 Å². The predicted octanol–water partition coefficient (Wildman–Crippen LogP) is 2.02. The fourth-order valence-electron chi connectivity index (χ4n) is 2.37. The molecule has 5 nitrogen and oxygen atoms in total. The molecular formula is C17H15N3O2. The van der Waals surface area contributed by atoms with Gasteiger partial charge >= 0.3 is 0 Å². The minimum atomic E-state index is -0.229. The van der Waals surface area contributed by atoms with E-state index < -0.39 is 0 Å². The molecule has 0 spiro atoms. The molecule has 0 saturated heterocycles. The van der Waals surface area contributed by atoms with Crippen LogP contribution in [0.1, 0.15) is 10.4 Å². The van der Waals surface area contributed by atoms with E-state index in [1.165, 1.54) is 6.33 Å². The van der Waals surface area contributed by atoms with E-state index in [9.17, 15) is 4.79 Å². The van der Waals surface area contributed by atoms with Gasteiger partial charge < -0.3 is 10.4 Å². The monoisotopic (exact) mass is 293 g/mol. The number of aliphatic hydroxyl groups excluding tert-OH is 1. The van der Waals surface area contributed by atoms with Crippen molar-refractivity contribution in [2.75, 3.05) is 13.2 Å². The van der Waals surface area contributed by atoms with Crippen LogP contribution in [-0.4, -0.2) is 34.1 Å². The maximum absolute atomic E-state index is 12.3. The zero-order valence-electron chi connectivity index (χ0n) is 11.9. The Bertz CT molecular complexity index is 812. The Morgan fingerprint density at radius 3 is 2.68 bits per heavy atom. The third-order valence-corrected chi connectivity index (χ3v) is 3.37. The highest BCUT2D eigenvalue weighted by molar-refractivity contribution is 6.04. The number of nitrogens with zero attached hydrogens (tertiary/aromatic N) is 2. The molecule has 0 atom stereocenters. The second-order valence-electron chi connectivity index (χ2n) is 4.76. The van der Waals surface area contributed by atoms with Crippen molar-refractivity contribution in [1.29, 1.82) is 0 Å². The number of hydrogen-bond acceptors (Lipinski definition) is 4. The van der Waals surface area contributed by atoms with Crippen LogP contribution in [0, 0.1) is 0 Å². The second kappa shape index (κ2) is 6.32. The van der Waals surface area contributed by atoms with E-state index in [2.05, 4.69) is 15.3 Å². The summed E-state index contributed by atoms with van der Waals surface area (Å²) < 4.78 is 0. The van der Waals surface area contributed by atoms with Gasteiger partial charge in [-0.15, -0.1) is 0 Å². The Hall–Kier alpha value is -2.79. The van der Waals surface area contributed by atoms with Crippen LogP contribution in [0.5, 0.6) is 0 Å². The van der Waals surface area contributed by atoms with Crippen LogP contribution >= 0.6 is 0 Å². The van der Waals surface area contributed by atoms with Gasteiger partial charge in [0.25, 0.3) is 5.91 Å². The quantitative estimate of drug-likeness (QED) is 0.771. The highest BCUT2D eigenvalue weighted by Gasteiger charge is 2.15. The summed E-state index contributed by atoms with van der Waals surface area (Å²) >= 11 is 0. The molecule has 3 aromatic rings. The lowest BCUT2D eigenvalue weighted by Gasteiger charge is -2.10. The SMILES string of the molecule is O=C(NCCO)c1ccccc1-c1ncnc2ccccc12. The standard InChI is InChI=1S/C17H15N3O2/c21-10-9-18-17(22)13-6-2-1-5-12(13)16-14-7-3-4-8-15(14)19-11-20-16/h1-8,11,21H,9-10H2,(H,18,22). The van der Waals surface area contributed by atoms with Gasteiger partial charge in [-0.25, -0.2) is 9.97 Å². The summed E-state index contributed by atoms with van der Waals surface area (Å²) in [5, 5.41) is 12.4. The number of aliphatic hydroxyl groups is 1. The van der Waals surface area contributed by atoms with Crippen molar-refractivity contribution in [3.05, 3.63) is 60.4 Å². The van der Waals surface area contributed by atoms with Crippen molar-refractivity contribution in [2.24, 2.45) is 0 Å². The summed E-state index contributed by atoms with van der Waals surface area (Å²) in [5.74, 6) is -0.229. The van der Waals surface area contributed by atoms with E-state index in [-0.39, 0.29) is 19.1 Å². The van der Waals surface area contributed by atoms with Crippen molar-refractivity contribution in [2.45, 2.75) is 0 Å². The van der Waals surface area contributed by atoms with E-state index in [4.69, 9.17) is 5.11 Å². The highest BCUT2D eigenvalue weighted by atomic mass is 16.3. The molecular weight excluding hydrogens is 278 g/mol. The van der Waals surface area contributed by atoms with Gasteiger partial charge in [-0.3, -0.25) is 4.79 Å². The summed E-state index contributed by atoms with van der Waals surface area (Å²) in [6.45, 7) is 0.127. The first-order chi connectivity index (χ1) is 10.8. The molecule has 2 N–H and O–H groups in total. The molecule has 0 aliphatic rings. The molecule has 0 aliphatic carbocycles. The Morgan fingerprint density at radius 1 is 1.05 bits per heavy atom. The molecule has 1 aromatic heterocycles. The third kappa shape index (κ3) is 2.66. The number of amides is 1. The smallest absolute Gasteiger partial charge is 0.252 e. The van der Waals surface area contributed by atoms with E-state index in [1.54, 1.807) is 12.1 Å². The average molecular weight is 293 g/mol. The fraction of sp³-hybridized carbons (Fsp3) is 0.118. The summed E-state index contributed by atoms with van der Waals surface area (Å²) in [6, 6.07) is 15.0. The molecule has 110 valence electrons. The predicted molar refractivity (Wildman–Crippen MR) is 84.4 cm³/mol. The molecule has 3 rings (SSSR count). The molecule has 0 fully saturated rings. The maximum atomic E-state index is 12.3. The van der Waals surface area contributed by atoms with Crippen LogP contribution in [0.4, 0.5) is 0 Å². The summed E-state index contributed by atoms with van der Waals surface area (Å²) in [5.41, 5.74) is 2.83. The molecule has 1 amide bonds. The number of hydrogen-bond donors (Lipinski definition) is 2. The van der Waals surface area contributed by atoms with Gasteiger partial charge in [0.1, 0.15) is 6.33 Å². The van der Waals surface area contributed by atoms with Crippen LogP contribution in [0.15, 0.2) is 54.9 Å². The van der Waals surface area contributed by atoms with Gasteiger partial charge in [0, 0.05) is 23.1 Å². The number of aromatic nitrogens is 2. The zero-order chi connectivity index (χ0) is 15.4. The number of rotatable bonds is 4. The van der Waals surface area contributed by atoms with Gasteiger partial charge in [-0.1, -0.05) is 36.4 Å². The van der Waals surface area contributed by atoms with Gasteiger partial charge in [-0.05, 0) is 12.1 Å². The van der Waals surface area contributed by atoms with E-state index >= 15 is 0 Å². The number of benzene rings is 2. The molecule has 0 saturated carbocycles. The minimum absolute atomic E-state index is 0.0929. The lowest BCUT2D eigenvalue weighted by Crippen LogP contribution is -2.26. The number of nitrogens with one attached hydrogen (secondary N) is 1. The Kier molecular flexibility index (Phi) is 4.07. The number of para-hydroxylation sites is 1.